The van der Waals surface area contributed by atoms with E-state index in [1.807, 2.05) is 35.5 Å². The normalized spacial score (nSPS) is 23.4. The van der Waals surface area contributed by atoms with Gasteiger partial charge in [0.25, 0.3) is 0 Å². The molecule has 1 aromatic carbocycles. The number of likely N-dealkylation sites (tertiary alicyclic amines) is 1. The Morgan fingerprint density at radius 3 is 2.78 bits per heavy atom. The molecule has 236 valence electrons. The van der Waals surface area contributed by atoms with Crippen LogP contribution in [0.1, 0.15) is 31.2 Å². The third kappa shape index (κ3) is 6.31. The average Bonchev–Trinajstić information content (AvgIpc) is 3.84. The predicted molar refractivity (Wildman–Crippen MR) is 172 cm³/mol. The van der Waals surface area contributed by atoms with Gasteiger partial charge >= 0.3 is 0 Å². The smallest absolute Gasteiger partial charge is 0.247 e. The summed E-state index contributed by atoms with van der Waals surface area (Å²) in [5.41, 5.74) is 3.42. The summed E-state index contributed by atoms with van der Waals surface area (Å²) in [7, 11) is 1.65. The second-order valence-corrected chi connectivity index (χ2v) is 12.1. The summed E-state index contributed by atoms with van der Waals surface area (Å²) in [5.74, 6) is 1.61. The average molecular weight is 613 g/mol. The molecule has 0 aliphatic carbocycles. The first-order valence-electron chi connectivity index (χ1n) is 15.8. The predicted octanol–water partition coefficient (Wildman–Crippen LogP) is 3.94. The zero-order chi connectivity index (χ0) is 30.8. The summed E-state index contributed by atoms with van der Waals surface area (Å²) < 4.78 is 11.7. The van der Waals surface area contributed by atoms with Crippen LogP contribution in [0.3, 0.4) is 0 Å². The van der Waals surface area contributed by atoms with Crippen LogP contribution < -0.4 is 25.3 Å². The van der Waals surface area contributed by atoms with Crippen molar-refractivity contribution in [1.29, 1.82) is 0 Å². The van der Waals surface area contributed by atoms with Crippen LogP contribution in [0, 0.1) is 0 Å². The van der Waals surface area contributed by atoms with Crippen molar-refractivity contribution in [3.8, 4) is 5.75 Å². The Hall–Kier alpha value is -4.26. The second kappa shape index (κ2) is 13.0. The van der Waals surface area contributed by atoms with Crippen LogP contribution in [0.15, 0.2) is 61.7 Å². The number of piperidine rings is 1. The number of hydrogen-bond acceptors (Lipinski definition) is 11. The number of pyridine rings is 1. The van der Waals surface area contributed by atoms with E-state index in [4.69, 9.17) is 14.3 Å². The number of rotatable bonds is 10. The summed E-state index contributed by atoms with van der Waals surface area (Å²) in [6.07, 6.45) is 11.8. The number of hydroxylamine groups is 1. The third-order valence-corrected chi connectivity index (χ3v) is 9.33. The number of amides is 1. The largest absolute Gasteiger partial charge is 0.494 e. The van der Waals surface area contributed by atoms with Crippen molar-refractivity contribution >= 4 is 34.6 Å². The van der Waals surface area contributed by atoms with Crippen molar-refractivity contribution in [3.63, 3.8) is 0 Å². The van der Waals surface area contributed by atoms with Gasteiger partial charge in [0.15, 0.2) is 5.82 Å². The van der Waals surface area contributed by atoms with E-state index in [2.05, 4.69) is 48.0 Å². The Morgan fingerprint density at radius 2 is 2.04 bits per heavy atom. The van der Waals surface area contributed by atoms with Crippen LogP contribution in [-0.4, -0.2) is 89.9 Å². The van der Waals surface area contributed by atoms with Crippen molar-refractivity contribution < 1.29 is 19.1 Å². The Kier molecular flexibility index (Phi) is 8.51. The highest BCUT2D eigenvalue weighted by atomic mass is 16.7. The molecule has 6 heterocycles. The number of fused-ring (bicyclic) bond motifs is 2. The molecule has 0 radical (unpaired) electrons. The molecule has 1 amide bonds. The lowest BCUT2D eigenvalue weighted by atomic mass is 10.0. The highest BCUT2D eigenvalue weighted by Gasteiger charge is 2.42. The summed E-state index contributed by atoms with van der Waals surface area (Å²) >= 11 is 0. The standard InChI is InChI=1S/C33H40N8O4/c1-3-33(42)38-27-15-28(30(43-2)16-29(27)39-10-6-23(7-11-39)40-19-26-14-25(40)20-44-26)37-31-17-32(36-21-35-31)41-24(8-12-45-41)13-22-5-4-9-34-18-22/h3-5,9,15-18,21,23-26H,1,6-8,10-14,19-20H2,2H3,(H,38,42)(H,35,36,37)/t24-,25+,26+/m1/s1. The molecule has 0 saturated carbocycles. The number of nitrogens with zero attached hydrogens (tertiary/aromatic N) is 6. The minimum Gasteiger partial charge on any atom is -0.494 e. The van der Waals surface area contributed by atoms with Crippen LogP contribution >= 0.6 is 0 Å². The molecule has 2 aromatic heterocycles. The van der Waals surface area contributed by atoms with E-state index >= 15 is 0 Å². The van der Waals surface area contributed by atoms with E-state index in [1.165, 1.54) is 12.4 Å². The van der Waals surface area contributed by atoms with Gasteiger partial charge in [-0.2, -0.15) is 0 Å². The fourth-order valence-electron chi connectivity index (χ4n) is 7.11. The van der Waals surface area contributed by atoms with E-state index < -0.39 is 0 Å². The molecule has 2 bridgehead atoms. The first-order chi connectivity index (χ1) is 22.1. The maximum atomic E-state index is 12.5. The monoisotopic (exact) mass is 612 g/mol. The number of nitrogens with one attached hydrogen (secondary N) is 2. The SMILES string of the molecule is C=CC(=O)Nc1cc(Nc2cc(N3OCC[C@@H]3Cc3cccnc3)ncn2)c(OC)cc1N1CCC(N2C[C@@H]3C[C@H]2CO3)CC1. The number of aromatic nitrogens is 3. The van der Waals surface area contributed by atoms with Gasteiger partial charge in [-0.1, -0.05) is 12.6 Å². The molecule has 12 nitrogen and oxygen atoms in total. The minimum atomic E-state index is -0.273. The maximum absolute atomic E-state index is 12.5. The lowest BCUT2D eigenvalue weighted by Crippen LogP contribution is -2.49. The van der Waals surface area contributed by atoms with E-state index in [9.17, 15) is 4.79 Å². The third-order valence-electron chi connectivity index (χ3n) is 9.33. The van der Waals surface area contributed by atoms with Crippen LogP contribution in [-0.2, 0) is 20.8 Å². The Morgan fingerprint density at radius 1 is 1.16 bits per heavy atom. The fourth-order valence-corrected chi connectivity index (χ4v) is 7.11. The van der Waals surface area contributed by atoms with Crippen LogP contribution in [0.4, 0.5) is 28.7 Å². The van der Waals surface area contributed by atoms with Gasteiger partial charge in [0.1, 0.15) is 17.9 Å². The summed E-state index contributed by atoms with van der Waals surface area (Å²) in [6, 6.07) is 11.0. The van der Waals surface area contributed by atoms with Gasteiger partial charge in [-0.15, -0.1) is 0 Å². The Bertz CT molecular complexity index is 1520. The van der Waals surface area contributed by atoms with Crippen LogP contribution in [0.2, 0.25) is 0 Å². The van der Waals surface area contributed by atoms with Gasteiger partial charge in [0.2, 0.25) is 5.91 Å². The lowest BCUT2D eigenvalue weighted by Gasteiger charge is -2.41. The van der Waals surface area contributed by atoms with Gasteiger partial charge in [0.05, 0.1) is 49.5 Å². The molecule has 12 heteroatoms. The van der Waals surface area contributed by atoms with Crippen molar-refractivity contribution in [2.45, 2.75) is 56.3 Å². The molecule has 4 aliphatic rings. The molecule has 7 rings (SSSR count). The Labute approximate surface area is 263 Å². The van der Waals surface area contributed by atoms with E-state index in [0.29, 0.717) is 53.6 Å². The van der Waals surface area contributed by atoms with Crippen LogP contribution in [0.25, 0.3) is 0 Å². The molecule has 3 aromatic rings. The molecule has 0 spiro atoms. The highest BCUT2D eigenvalue weighted by molar-refractivity contribution is 6.02. The lowest BCUT2D eigenvalue weighted by molar-refractivity contribution is -0.111. The fraction of sp³-hybridized carbons (Fsp3) is 0.455. The molecule has 45 heavy (non-hydrogen) atoms. The van der Waals surface area contributed by atoms with Gasteiger partial charge in [0, 0.05) is 56.2 Å². The highest BCUT2D eigenvalue weighted by Crippen LogP contribution is 2.41. The maximum Gasteiger partial charge on any atom is 0.247 e. The zero-order valence-electron chi connectivity index (χ0n) is 25.6. The van der Waals surface area contributed by atoms with E-state index in [0.717, 1.165) is 69.6 Å². The number of carbonyl (C=O) groups is 1. The van der Waals surface area contributed by atoms with Crippen LogP contribution in [0.5, 0.6) is 5.75 Å². The molecule has 3 atom stereocenters. The van der Waals surface area contributed by atoms with E-state index in [1.54, 1.807) is 13.3 Å². The first kappa shape index (κ1) is 29.5. The van der Waals surface area contributed by atoms with Crippen molar-refractivity contribution in [2.75, 3.05) is 60.6 Å². The number of benzene rings is 1. The number of hydrogen-bond donors (Lipinski definition) is 2. The first-order valence-corrected chi connectivity index (χ1v) is 15.8. The topological polar surface area (TPSA) is 117 Å². The summed E-state index contributed by atoms with van der Waals surface area (Å²) in [6.45, 7) is 7.95. The zero-order valence-corrected chi connectivity index (χ0v) is 25.6. The van der Waals surface area contributed by atoms with Gasteiger partial charge in [-0.3, -0.25) is 19.5 Å². The molecular formula is C33H40N8O4. The molecule has 4 saturated heterocycles. The molecular weight excluding hydrogens is 572 g/mol. The quantitative estimate of drug-likeness (QED) is 0.324. The second-order valence-electron chi connectivity index (χ2n) is 12.1. The number of carbonyl (C=O) groups excluding carboxylic acids is 1. The van der Waals surface area contributed by atoms with Crippen molar-refractivity contribution in [3.05, 3.63) is 67.3 Å². The molecule has 4 fully saturated rings. The number of anilines is 5. The van der Waals surface area contributed by atoms with E-state index in [-0.39, 0.29) is 11.9 Å². The summed E-state index contributed by atoms with van der Waals surface area (Å²) in [5, 5.41) is 8.27. The van der Waals surface area contributed by atoms with Gasteiger partial charge in [-0.05, 0) is 55.9 Å². The molecule has 2 N–H and O–H groups in total. The number of morpholine rings is 1. The molecule has 4 aliphatic heterocycles. The number of methoxy groups -OCH3 is 1. The number of ether oxygens (including phenoxy) is 2. The van der Waals surface area contributed by atoms with Crippen molar-refractivity contribution in [2.24, 2.45) is 0 Å². The van der Waals surface area contributed by atoms with Gasteiger partial charge in [-0.25, -0.2) is 15.0 Å². The minimum absolute atomic E-state index is 0.129. The van der Waals surface area contributed by atoms with Crippen molar-refractivity contribution in [1.82, 2.24) is 19.9 Å². The van der Waals surface area contributed by atoms with Gasteiger partial charge < -0.3 is 25.0 Å². The molecule has 0 unspecified atom stereocenters. The Balaban J connectivity index is 1.10. The summed E-state index contributed by atoms with van der Waals surface area (Å²) in [4.78, 5) is 36.7.